The molecular weight excluding hydrogens is 152 g/mol. The summed E-state index contributed by atoms with van der Waals surface area (Å²) in [5.74, 6) is 0.821. The molecule has 0 aromatic heterocycles. The van der Waals surface area contributed by atoms with Gasteiger partial charge in [0.2, 0.25) is 0 Å². The molecule has 1 aromatic rings. The fourth-order valence-electron chi connectivity index (χ4n) is 1.00. The van der Waals surface area contributed by atoms with Gasteiger partial charge in [-0.15, -0.1) is 0 Å². The van der Waals surface area contributed by atoms with Crippen molar-refractivity contribution >= 4 is 0 Å². The maximum absolute atomic E-state index is 11.0. The van der Waals surface area contributed by atoms with Crippen LogP contribution in [0.3, 0.4) is 0 Å². The van der Waals surface area contributed by atoms with E-state index in [0.717, 1.165) is 11.3 Å². The van der Waals surface area contributed by atoms with Crippen LogP contribution >= 0.6 is 0 Å². The molecule has 1 aromatic carbocycles. The number of hydrogen-bond donors (Lipinski definition) is 0. The standard InChI is InChI=1S/C10H13O2/c1-3-12-10-6-4-9(5-7-10)8(2)11/h4-8H,3H2,1-2H3. The first-order valence-corrected chi connectivity index (χ1v) is 4.12. The summed E-state index contributed by atoms with van der Waals surface area (Å²) in [6, 6.07) is 7.27. The quantitative estimate of drug-likeness (QED) is 0.676. The van der Waals surface area contributed by atoms with Crippen LogP contribution in [0, 0.1) is 0 Å². The van der Waals surface area contributed by atoms with Gasteiger partial charge in [-0.2, -0.15) is 0 Å². The molecule has 12 heavy (non-hydrogen) atoms. The molecule has 0 aliphatic carbocycles. The Morgan fingerprint density at radius 1 is 1.33 bits per heavy atom. The molecule has 1 radical (unpaired) electrons. The minimum absolute atomic E-state index is 0.652. The van der Waals surface area contributed by atoms with Crippen molar-refractivity contribution in [2.24, 2.45) is 0 Å². The molecule has 0 aliphatic heterocycles. The second-order valence-corrected chi connectivity index (χ2v) is 2.64. The third-order valence-corrected chi connectivity index (χ3v) is 1.66. The topological polar surface area (TPSA) is 29.1 Å². The molecule has 0 aliphatic rings. The van der Waals surface area contributed by atoms with E-state index in [1.807, 2.05) is 31.2 Å². The molecule has 0 spiro atoms. The molecule has 0 amide bonds. The summed E-state index contributed by atoms with van der Waals surface area (Å²) in [5, 5.41) is 11.0. The number of hydrogen-bond acceptors (Lipinski definition) is 1. The molecule has 0 heterocycles. The first-order chi connectivity index (χ1) is 5.74. The second kappa shape index (κ2) is 4.12. The van der Waals surface area contributed by atoms with Crippen molar-refractivity contribution in [1.29, 1.82) is 0 Å². The summed E-state index contributed by atoms with van der Waals surface area (Å²) in [5.41, 5.74) is 0.804. The number of benzene rings is 1. The molecule has 65 valence electrons. The summed E-state index contributed by atoms with van der Waals surface area (Å²) in [6.45, 7) is 4.23. The molecule has 1 rings (SSSR count). The largest absolute Gasteiger partial charge is 0.494 e. The van der Waals surface area contributed by atoms with E-state index < -0.39 is 6.10 Å². The Morgan fingerprint density at radius 2 is 1.92 bits per heavy atom. The van der Waals surface area contributed by atoms with Crippen molar-refractivity contribution in [3.05, 3.63) is 29.8 Å². The van der Waals surface area contributed by atoms with E-state index in [9.17, 15) is 5.11 Å². The van der Waals surface area contributed by atoms with Gasteiger partial charge in [0.1, 0.15) is 11.9 Å². The lowest BCUT2D eigenvalue weighted by Gasteiger charge is -2.04. The first kappa shape index (κ1) is 9.07. The van der Waals surface area contributed by atoms with Crippen LogP contribution in [0.15, 0.2) is 24.3 Å². The Bertz CT molecular complexity index is 226. The van der Waals surface area contributed by atoms with E-state index in [0.29, 0.717) is 6.61 Å². The summed E-state index contributed by atoms with van der Waals surface area (Å²) in [7, 11) is 0. The van der Waals surface area contributed by atoms with E-state index in [-0.39, 0.29) is 0 Å². The highest BCUT2D eigenvalue weighted by Crippen LogP contribution is 2.17. The van der Waals surface area contributed by atoms with E-state index in [2.05, 4.69) is 0 Å². The predicted molar refractivity (Wildman–Crippen MR) is 46.7 cm³/mol. The van der Waals surface area contributed by atoms with E-state index >= 15 is 0 Å². The van der Waals surface area contributed by atoms with Crippen LogP contribution < -0.4 is 4.74 Å². The SMILES string of the molecule is CCOc1ccc(C(C)[O])cc1. The van der Waals surface area contributed by atoms with Crippen LogP contribution in [0.1, 0.15) is 25.5 Å². The van der Waals surface area contributed by atoms with Crippen LogP contribution in [-0.4, -0.2) is 6.61 Å². The van der Waals surface area contributed by atoms with Crippen LogP contribution in [0.4, 0.5) is 0 Å². The molecule has 0 saturated carbocycles. The molecule has 0 N–H and O–H groups in total. The van der Waals surface area contributed by atoms with Gasteiger partial charge in [-0.1, -0.05) is 12.1 Å². The van der Waals surface area contributed by atoms with Crippen molar-refractivity contribution in [1.82, 2.24) is 0 Å². The van der Waals surface area contributed by atoms with Gasteiger partial charge in [0.15, 0.2) is 0 Å². The summed E-state index contributed by atoms with van der Waals surface area (Å²) in [6.07, 6.45) is -0.652. The zero-order valence-electron chi connectivity index (χ0n) is 7.41. The van der Waals surface area contributed by atoms with Crippen LogP contribution in [-0.2, 0) is 5.11 Å². The Balaban J connectivity index is 2.71. The number of ether oxygens (including phenoxy) is 1. The highest BCUT2D eigenvalue weighted by molar-refractivity contribution is 5.28. The zero-order valence-corrected chi connectivity index (χ0v) is 7.41. The van der Waals surface area contributed by atoms with Gasteiger partial charge in [-0.25, -0.2) is 5.11 Å². The lowest BCUT2D eigenvalue weighted by atomic mass is 10.1. The summed E-state index contributed by atoms with van der Waals surface area (Å²) >= 11 is 0. The maximum atomic E-state index is 11.0. The minimum atomic E-state index is -0.652. The molecular formula is C10H13O2. The van der Waals surface area contributed by atoms with Gasteiger partial charge in [0.05, 0.1) is 6.61 Å². The third kappa shape index (κ3) is 2.24. The smallest absolute Gasteiger partial charge is 0.119 e. The Morgan fingerprint density at radius 3 is 2.33 bits per heavy atom. The molecule has 2 heteroatoms. The van der Waals surface area contributed by atoms with Crippen molar-refractivity contribution in [2.75, 3.05) is 6.61 Å². The Labute approximate surface area is 72.8 Å². The van der Waals surface area contributed by atoms with E-state index in [1.165, 1.54) is 0 Å². The summed E-state index contributed by atoms with van der Waals surface area (Å²) < 4.78 is 5.24. The fraction of sp³-hybridized carbons (Fsp3) is 0.400. The van der Waals surface area contributed by atoms with Gasteiger partial charge < -0.3 is 4.74 Å². The maximum Gasteiger partial charge on any atom is 0.119 e. The van der Waals surface area contributed by atoms with Gasteiger partial charge in [0, 0.05) is 0 Å². The van der Waals surface area contributed by atoms with Crippen LogP contribution in [0.25, 0.3) is 0 Å². The van der Waals surface area contributed by atoms with Crippen LogP contribution in [0.5, 0.6) is 5.75 Å². The normalized spacial score (nSPS) is 12.6. The number of rotatable bonds is 3. The lowest BCUT2D eigenvalue weighted by Crippen LogP contribution is -1.92. The highest BCUT2D eigenvalue weighted by atomic mass is 16.5. The van der Waals surface area contributed by atoms with Crippen molar-refractivity contribution in [2.45, 2.75) is 20.0 Å². The average Bonchev–Trinajstić information content (AvgIpc) is 2.06. The predicted octanol–water partition coefficient (Wildman–Crippen LogP) is 2.58. The van der Waals surface area contributed by atoms with Gasteiger partial charge >= 0.3 is 0 Å². The van der Waals surface area contributed by atoms with Gasteiger partial charge in [0.25, 0.3) is 0 Å². The van der Waals surface area contributed by atoms with Gasteiger partial charge in [-0.05, 0) is 31.5 Å². The molecule has 2 nitrogen and oxygen atoms in total. The highest BCUT2D eigenvalue weighted by Gasteiger charge is 2.01. The zero-order chi connectivity index (χ0) is 8.97. The second-order valence-electron chi connectivity index (χ2n) is 2.64. The lowest BCUT2D eigenvalue weighted by molar-refractivity contribution is 0.106. The monoisotopic (exact) mass is 165 g/mol. The van der Waals surface area contributed by atoms with Crippen LogP contribution in [0.2, 0.25) is 0 Å². The summed E-state index contributed by atoms with van der Waals surface area (Å²) in [4.78, 5) is 0. The van der Waals surface area contributed by atoms with Crippen molar-refractivity contribution < 1.29 is 9.84 Å². The Kier molecular flexibility index (Phi) is 3.11. The van der Waals surface area contributed by atoms with Crippen molar-refractivity contribution in [3.63, 3.8) is 0 Å². The third-order valence-electron chi connectivity index (χ3n) is 1.66. The average molecular weight is 165 g/mol. The van der Waals surface area contributed by atoms with E-state index in [4.69, 9.17) is 4.74 Å². The molecule has 1 atom stereocenters. The fourth-order valence-corrected chi connectivity index (χ4v) is 1.00. The van der Waals surface area contributed by atoms with E-state index in [1.54, 1.807) is 6.92 Å². The minimum Gasteiger partial charge on any atom is -0.494 e. The molecule has 1 unspecified atom stereocenters. The molecule has 0 fully saturated rings. The van der Waals surface area contributed by atoms with Crippen molar-refractivity contribution in [3.8, 4) is 5.75 Å². The Hall–Kier alpha value is -1.02. The first-order valence-electron chi connectivity index (χ1n) is 4.12. The molecule has 0 bridgehead atoms. The van der Waals surface area contributed by atoms with Gasteiger partial charge in [-0.3, -0.25) is 0 Å². The molecule has 0 saturated heterocycles.